The van der Waals surface area contributed by atoms with E-state index in [-0.39, 0.29) is 5.91 Å². The number of amides is 1. The molecule has 17 heavy (non-hydrogen) atoms. The zero-order valence-electron chi connectivity index (χ0n) is 10.0. The second-order valence-electron chi connectivity index (χ2n) is 4.13. The Morgan fingerprint density at radius 1 is 1.53 bits per heavy atom. The predicted octanol–water partition coefficient (Wildman–Crippen LogP) is 1.78. The first-order chi connectivity index (χ1) is 8.31. The molecule has 92 valence electrons. The lowest BCUT2D eigenvalue weighted by molar-refractivity contribution is -0.127. The van der Waals surface area contributed by atoms with Gasteiger partial charge in [0.25, 0.3) is 5.91 Å². The molecular formula is C13H18N2O2. The van der Waals surface area contributed by atoms with Crippen LogP contribution in [0.1, 0.15) is 19.8 Å². The van der Waals surface area contributed by atoms with E-state index in [4.69, 9.17) is 4.74 Å². The predicted molar refractivity (Wildman–Crippen MR) is 67.3 cm³/mol. The van der Waals surface area contributed by atoms with Crippen LogP contribution in [0, 0.1) is 0 Å². The van der Waals surface area contributed by atoms with Crippen LogP contribution in [0.3, 0.4) is 0 Å². The Kier molecular flexibility index (Phi) is 3.85. The lowest BCUT2D eigenvalue weighted by atomic mass is 10.2. The summed E-state index contributed by atoms with van der Waals surface area (Å²) in [7, 11) is 0. The second-order valence-corrected chi connectivity index (χ2v) is 4.13. The number of nitrogens with one attached hydrogen (secondary N) is 2. The first kappa shape index (κ1) is 11.8. The van der Waals surface area contributed by atoms with E-state index in [2.05, 4.69) is 17.6 Å². The Morgan fingerprint density at radius 2 is 2.35 bits per heavy atom. The van der Waals surface area contributed by atoms with Gasteiger partial charge in [0.2, 0.25) is 0 Å². The van der Waals surface area contributed by atoms with Gasteiger partial charge >= 0.3 is 0 Å². The minimum Gasteiger partial charge on any atom is -0.477 e. The van der Waals surface area contributed by atoms with Crippen LogP contribution >= 0.6 is 0 Å². The first-order valence-electron chi connectivity index (χ1n) is 6.08. The van der Waals surface area contributed by atoms with E-state index in [1.807, 2.05) is 24.3 Å². The molecule has 0 saturated heterocycles. The fraction of sp³-hybridized carbons (Fsp3) is 0.462. The highest BCUT2D eigenvalue weighted by atomic mass is 16.5. The second kappa shape index (κ2) is 5.57. The summed E-state index contributed by atoms with van der Waals surface area (Å²) in [5.41, 5.74) is 0.949. The number of hydrogen-bond acceptors (Lipinski definition) is 3. The third-order valence-corrected chi connectivity index (χ3v) is 2.76. The van der Waals surface area contributed by atoms with Gasteiger partial charge in [0, 0.05) is 6.54 Å². The molecule has 0 bridgehead atoms. The zero-order valence-corrected chi connectivity index (χ0v) is 10.0. The summed E-state index contributed by atoms with van der Waals surface area (Å²) in [6.45, 7) is 3.34. The fourth-order valence-electron chi connectivity index (χ4n) is 1.76. The van der Waals surface area contributed by atoms with Gasteiger partial charge in [-0.1, -0.05) is 25.5 Å². The number of ether oxygens (including phenoxy) is 1. The fourth-order valence-corrected chi connectivity index (χ4v) is 1.76. The van der Waals surface area contributed by atoms with Crippen LogP contribution in [0.4, 0.5) is 5.69 Å². The van der Waals surface area contributed by atoms with Crippen LogP contribution in [0.5, 0.6) is 5.75 Å². The Morgan fingerprint density at radius 3 is 3.18 bits per heavy atom. The summed E-state index contributed by atoms with van der Waals surface area (Å²) in [6.07, 6.45) is 1.65. The summed E-state index contributed by atoms with van der Waals surface area (Å²) in [6, 6.07) is 7.66. The normalized spacial score (nSPS) is 17.6. The monoisotopic (exact) mass is 234 g/mol. The maximum atomic E-state index is 11.8. The molecule has 1 aromatic rings. The number of benzene rings is 1. The molecule has 0 radical (unpaired) electrons. The quantitative estimate of drug-likeness (QED) is 0.781. The summed E-state index contributed by atoms with van der Waals surface area (Å²) >= 11 is 0. The molecule has 1 amide bonds. The number of carbonyl (C=O) groups is 1. The molecule has 0 aliphatic carbocycles. The van der Waals surface area contributed by atoms with Crippen molar-refractivity contribution in [2.45, 2.75) is 25.9 Å². The van der Waals surface area contributed by atoms with Crippen LogP contribution in [0.2, 0.25) is 0 Å². The minimum atomic E-state index is -0.429. The zero-order chi connectivity index (χ0) is 12.1. The third-order valence-electron chi connectivity index (χ3n) is 2.76. The van der Waals surface area contributed by atoms with E-state index in [0.717, 1.165) is 30.8 Å². The number of rotatable bonds is 4. The van der Waals surface area contributed by atoms with Gasteiger partial charge < -0.3 is 15.4 Å². The average Bonchev–Trinajstić information content (AvgIpc) is 2.38. The van der Waals surface area contributed by atoms with Crippen molar-refractivity contribution in [3.05, 3.63) is 24.3 Å². The van der Waals surface area contributed by atoms with Crippen molar-refractivity contribution in [1.82, 2.24) is 5.32 Å². The van der Waals surface area contributed by atoms with Crippen LogP contribution in [-0.4, -0.2) is 25.1 Å². The molecule has 1 aliphatic rings. The standard InChI is InChI=1S/C13H18N2O2/c1-2-3-8-14-13(16)12-9-15-10-6-4-5-7-11(10)17-12/h4-7,12,15H,2-3,8-9H2,1H3,(H,14,16)/t12-/m0/s1. The molecule has 0 unspecified atom stereocenters. The van der Waals surface area contributed by atoms with Crippen molar-refractivity contribution < 1.29 is 9.53 Å². The van der Waals surface area contributed by atoms with Gasteiger partial charge in [0.15, 0.2) is 6.10 Å². The van der Waals surface area contributed by atoms with Gasteiger partial charge in [-0.2, -0.15) is 0 Å². The van der Waals surface area contributed by atoms with Crippen LogP contribution in [0.15, 0.2) is 24.3 Å². The molecule has 0 spiro atoms. The largest absolute Gasteiger partial charge is 0.477 e. The molecule has 1 heterocycles. The van der Waals surface area contributed by atoms with Crippen molar-refractivity contribution in [3.8, 4) is 5.75 Å². The number of unbranched alkanes of at least 4 members (excludes halogenated alkanes) is 1. The number of hydrogen-bond donors (Lipinski definition) is 2. The van der Waals surface area contributed by atoms with Crippen molar-refractivity contribution in [2.24, 2.45) is 0 Å². The van der Waals surface area contributed by atoms with Crippen molar-refractivity contribution >= 4 is 11.6 Å². The molecule has 0 fully saturated rings. The third kappa shape index (κ3) is 2.90. The van der Waals surface area contributed by atoms with Crippen molar-refractivity contribution in [1.29, 1.82) is 0 Å². The molecule has 4 heteroatoms. The highest BCUT2D eigenvalue weighted by Gasteiger charge is 2.24. The Labute approximate surface area is 101 Å². The van der Waals surface area contributed by atoms with E-state index in [0.29, 0.717) is 6.54 Å². The number of para-hydroxylation sites is 2. The average molecular weight is 234 g/mol. The van der Waals surface area contributed by atoms with Gasteiger partial charge in [-0.15, -0.1) is 0 Å². The summed E-state index contributed by atoms with van der Waals surface area (Å²) in [5.74, 6) is 0.704. The SMILES string of the molecule is CCCCNC(=O)[C@@H]1CNc2ccccc2O1. The molecule has 2 N–H and O–H groups in total. The molecule has 4 nitrogen and oxygen atoms in total. The van der Waals surface area contributed by atoms with Crippen LogP contribution in [-0.2, 0) is 4.79 Å². The summed E-state index contributed by atoms with van der Waals surface area (Å²) in [5, 5.41) is 6.08. The first-order valence-corrected chi connectivity index (χ1v) is 6.08. The van der Waals surface area contributed by atoms with E-state index in [1.165, 1.54) is 0 Å². The van der Waals surface area contributed by atoms with Gasteiger partial charge in [0.1, 0.15) is 5.75 Å². The van der Waals surface area contributed by atoms with Crippen LogP contribution < -0.4 is 15.4 Å². The number of anilines is 1. The molecule has 1 atom stereocenters. The minimum absolute atomic E-state index is 0.0412. The van der Waals surface area contributed by atoms with Gasteiger partial charge in [-0.05, 0) is 18.6 Å². The Hall–Kier alpha value is -1.71. The van der Waals surface area contributed by atoms with Gasteiger partial charge in [0.05, 0.1) is 12.2 Å². The van der Waals surface area contributed by atoms with E-state index >= 15 is 0 Å². The summed E-state index contributed by atoms with van der Waals surface area (Å²) < 4.78 is 5.65. The lowest BCUT2D eigenvalue weighted by Crippen LogP contribution is -2.44. The van der Waals surface area contributed by atoms with Gasteiger partial charge in [-0.25, -0.2) is 0 Å². The van der Waals surface area contributed by atoms with Crippen LogP contribution in [0.25, 0.3) is 0 Å². The van der Waals surface area contributed by atoms with E-state index in [9.17, 15) is 4.79 Å². The maximum absolute atomic E-state index is 11.8. The van der Waals surface area contributed by atoms with Crippen molar-refractivity contribution in [3.63, 3.8) is 0 Å². The van der Waals surface area contributed by atoms with E-state index < -0.39 is 6.10 Å². The number of carbonyl (C=O) groups excluding carboxylic acids is 1. The maximum Gasteiger partial charge on any atom is 0.262 e. The molecule has 2 rings (SSSR count). The summed E-state index contributed by atoms with van der Waals surface area (Å²) in [4.78, 5) is 11.8. The molecule has 0 saturated carbocycles. The highest BCUT2D eigenvalue weighted by molar-refractivity contribution is 5.83. The van der Waals surface area contributed by atoms with Gasteiger partial charge in [-0.3, -0.25) is 4.79 Å². The Balaban J connectivity index is 1.91. The molecule has 0 aromatic heterocycles. The topological polar surface area (TPSA) is 50.4 Å². The molecule has 1 aliphatic heterocycles. The van der Waals surface area contributed by atoms with E-state index in [1.54, 1.807) is 0 Å². The molecule has 1 aromatic carbocycles. The molecular weight excluding hydrogens is 216 g/mol. The lowest BCUT2D eigenvalue weighted by Gasteiger charge is -2.26. The Bertz CT molecular complexity index is 393. The highest BCUT2D eigenvalue weighted by Crippen LogP contribution is 2.28. The smallest absolute Gasteiger partial charge is 0.262 e. The van der Waals surface area contributed by atoms with Crippen molar-refractivity contribution in [2.75, 3.05) is 18.4 Å². The number of fused-ring (bicyclic) bond motifs is 1.